The van der Waals surface area contributed by atoms with Gasteiger partial charge in [0.1, 0.15) is 5.75 Å². The van der Waals surface area contributed by atoms with Crippen molar-refractivity contribution < 1.29 is 19.4 Å². The van der Waals surface area contributed by atoms with E-state index in [4.69, 9.17) is 14.6 Å². The Labute approximate surface area is 101 Å². The number of benzene rings is 1. The summed E-state index contributed by atoms with van der Waals surface area (Å²) in [6.45, 7) is 0.926. The highest BCUT2D eigenvalue weighted by atomic mass is 16.6. The zero-order valence-corrected chi connectivity index (χ0v) is 9.83. The third kappa shape index (κ3) is 4.84. The molecule has 1 aromatic rings. The third-order valence-electron chi connectivity index (χ3n) is 2.14. The number of amides is 1. The second-order valence-corrected chi connectivity index (χ2v) is 3.38. The zero-order chi connectivity index (χ0) is 12.5. The fraction of sp³-hybridized carbons (Fsp3) is 0.417. The van der Waals surface area contributed by atoms with E-state index in [1.807, 2.05) is 6.07 Å². The average molecular weight is 239 g/mol. The lowest BCUT2D eigenvalue weighted by Crippen LogP contribution is -2.38. The number of methoxy groups -OCH3 is 1. The Morgan fingerprint density at radius 1 is 1.29 bits per heavy atom. The van der Waals surface area contributed by atoms with Gasteiger partial charge in [-0.25, -0.2) is 4.79 Å². The van der Waals surface area contributed by atoms with Crippen molar-refractivity contribution in [2.45, 2.75) is 0 Å². The van der Waals surface area contributed by atoms with Crippen molar-refractivity contribution in [1.82, 2.24) is 4.90 Å². The van der Waals surface area contributed by atoms with Crippen LogP contribution in [0.5, 0.6) is 5.75 Å². The van der Waals surface area contributed by atoms with Crippen molar-refractivity contribution >= 4 is 6.09 Å². The quantitative estimate of drug-likeness (QED) is 0.808. The number of para-hydroxylation sites is 1. The van der Waals surface area contributed by atoms with Gasteiger partial charge in [0.2, 0.25) is 0 Å². The normalized spacial score (nSPS) is 10.0. The summed E-state index contributed by atoms with van der Waals surface area (Å²) in [5.74, 6) is 0.484. The molecule has 1 amide bonds. The second kappa shape index (κ2) is 7.65. The van der Waals surface area contributed by atoms with Gasteiger partial charge in [0.15, 0.2) is 0 Å². The maximum absolute atomic E-state index is 11.7. The smallest absolute Gasteiger partial charge is 0.410 e. The summed E-state index contributed by atoms with van der Waals surface area (Å²) in [6.07, 6.45) is -0.484. The number of hydrogen-bond acceptors (Lipinski definition) is 4. The van der Waals surface area contributed by atoms with Crippen molar-refractivity contribution in [3.63, 3.8) is 0 Å². The molecule has 0 heterocycles. The van der Waals surface area contributed by atoms with Gasteiger partial charge in [-0.2, -0.15) is 0 Å². The van der Waals surface area contributed by atoms with Crippen LogP contribution in [0.3, 0.4) is 0 Å². The van der Waals surface area contributed by atoms with Gasteiger partial charge in [-0.3, -0.25) is 0 Å². The van der Waals surface area contributed by atoms with Crippen LogP contribution < -0.4 is 4.74 Å². The van der Waals surface area contributed by atoms with Crippen LogP contribution in [0.1, 0.15) is 0 Å². The third-order valence-corrected chi connectivity index (χ3v) is 2.14. The number of ether oxygens (including phenoxy) is 2. The van der Waals surface area contributed by atoms with E-state index in [0.717, 1.165) is 0 Å². The molecule has 17 heavy (non-hydrogen) atoms. The summed E-state index contributed by atoms with van der Waals surface area (Å²) in [7, 11) is 1.56. The molecule has 1 aromatic carbocycles. The maximum Gasteiger partial charge on any atom is 0.415 e. The molecule has 0 aliphatic carbocycles. The summed E-state index contributed by atoms with van der Waals surface area (Å²) in [5.41, 5.74) is 0. The molecule has 0 aliphatic heterocycles. The number of carbonyl (C=O) groups is 1. The highest BCUT2D eigenvalue weighted by Gasteiger charge is 2.14. The molecule has 0 unspecified atom stereocenters. The minimum Gasteiger partial charge on any atom is -0.410 e. The molecular weight excluding hydrogens is 222 g/mol. The van der Waals surface area contributed by atoms with Crippen LogP contribution in [0.15, 0.2) is 30.3 Å². The van der Waals surface area contributed by atoms with Gasteiger partial charge in [0.05, 0.1) is 13.2 Å². The van der Waals surface area contributed by atoms with Crippen molar-refractivity contribution in [3.8, 4) is 5.75 Å². The molecule has 1 rings (SSSR count). The Bertz CT molecular complexity index is 329. The first kappa shape index (κ1) is 13.5. The minimum atomic E-state index is -0.484. The summed E-state index contributed by atoms with van der Waals surface area (Å²) in [6, 6.07) is 8.81. The van der Waals surface area contributed by atoms with Crippen LogP contribution in [-0.2, 0) is 4.74 Å². The number of hydrogen-bond donors (Lipinski definition) is 1. The summed E-state index contributed by atoms with van der Waals surface area (Å²) in [5, 5.41) is 8.86. The van der Waals surface area contributed by atoms with Gasteiger partial charge >= 0.3 is 6.09 Å². The number of aliphatic hydroxyl groups is 1. The van der Waals surface area contributed by atoms with E-state index in [2.05, 4.69) is 0 Å². The van der Waals surface area contributed by atoms with E-state index in [0.29, 0.717) is 18.9 Å². The Balaban J connectivity index is 2.52. The maximum atomic E-state index is 11.7. The van der Waals surface area contributed by atoms with E-state index in [1.165, 1.54) is 4.90 Å². The lowest BCUT2D eigenvalue weighted by molar-refractivity contribution is 0.112. The fourth-order valence-corrected chi connectivity index (χ4v) is 1.27. The molecule has 0 saturated heterocycles. The first-order valence-electron chi connectivity index (χ1n) is 5.39. The number of rotatable bonds is 6. The van der Waals surface area contributed by atoms with Crippen LogP contribution in [0.25, 0.3) is 0 Å². The summed E-state index contributed by atoms with van der Waals surface area (Å²) < 4.78 is 10.0. The molecule has 0 spiro atoms. The molecular formula is C12H17NO4. The van der Waals surface area contributed by atoms with E-state index < -0.39 is 6.09 Å². The predicted octanol–water partition coefficient (Wildman–Crippen LogP) is 1.13. The first-order chi connectivity index (χ1) is 8.27. The first-order valence-corrected chi connectivity index (χ1v) is 5.39. The molecule has 0 bridgehead atoms. The molecule has 0 aromatic heterocycles. The van der Waals surface area contributed by atoms with E-state index >= 15 is 0 Å². The van der Waals surface area contributed by atoms with Crippen LogP contribution in [0.4, 0.5) is 4.79 Å². The Morgan fingerprint density at radius 3 is 2.59 bits per heavy atom. The standard InChI is InChI=1S/C12H17NO4/c1-16-10-8-13(7-9-14)12(15)17-11-5-3-2-4-6-11/h2-6,14H,7-10H2,1H3. The van der Waals surface area contributed by atoms with E-state index in [1.54, 1.807) is 31.4 Å². The average Bonchev–Trinajstić information content (AvgIpc) is 2.35. The van der Waals surface area contributed by atoms with Gasteiger partial charge in [-0.15, -0.1) is 0 Å². The minimum absolute atomic E-state index is 0.104. The molecule has 0 aliphatic rings. The molecule has 0 atom stereocenters. The van der Waals surface area contributed by atoms with Crippen molar-refractivity contribution in [2.75, 3.05) is 33.4 Å². The molecule has 5 nitrogen and oxygen atoms in total. The number of nitrogens with zero attached hydrogens (tertiary/aromatic N) is 1. The highest BCUT2D eigenvalue weighted by molar-refractivity contribution is 5.70. The Hall–Kier alpha value is -1.59. The largest absolute Gasteiger partial charge is 0.415 e. The van der Waals surface area contributed by atoms with Gasteiger partial charge in [0, 0.05) is 20.2 Å². The molecule has 1 N–H and O–H groups in total. The van der Waals surface area contributed by atoms with Crippen LogP contribution in [-0.4, -0.2) is 49.5 Å². The van der Waals surface area contributed by atoms with Gasteiger partial charge in [-0.1, -0.05) is 18.2 Å². The Morgan fingerprint density at radius 2 is 2.00 bits per heavy atom. The molecule has 0 saturated carbocycles. The lowest BCUT2D eigenvalue weighted by atomic mass is 10.3. The predicted molar refractivity (Wildman–Crippen MR) is 63.0 cm³/mol. The van der Waals surface area contributed by atoms with Gasteiger partial charge < -0.3 is 19.5 Å². The van der Waals surface area contributed by atoms with Gasteiger partial charge in [-0.05, 0) is 12.1 Å². The molecule has 94 valence electrons. The monoisotopic (exact) mass is 239 g/mol. The van der Waals surface area contributed by atoms with Crippen molar-refractivity contribution in [2.24, 2.45) is 0 Å². The van der Waals surface area contributed by atoms with Crippen molar-refractivity contribution in [3.05, 3.63) is 30.3 Å². The zero-order valence-electron chi connectivity index (χ0n) is 9.83. The molecule has 5 heteroatoms. The molecule has 0 fully saturated rings. The number of aliphatic hydroxyl groups excluding tert-OH is 1. The lowest BCUT2D eigenvalue weighted by Gasteiger charge is -2.20. The van der Waals surface area contributed by atoms with E-state index in [9.17, 15) is 4.79 Å². The SMILES string of the molecule is COCCN(CCO)C(=O)Oc1ccccc1. The second-order valence-electron chi connectivity index (χ2n) is 3.38. The topological polar surface area (TPSA) is 59.0 Å². The van der Waals surface area contributed by atoms with Crippen LogP contribution in [0, 0.1) is 0 Å². The number of carbonyl (C=O) groups excluding carboxylic acids is 1. The highest BCUT2D eigenvalue weighted by Crippen LogP contribution is 2.10. The molecule has 0 radical (unpaired) electrons. The van der Waals surface area contributed by atoms with Crippen LogP contribution in [0.2, 0.25) is 0 Å². The summed E-state index contributed by atoms with van der Waals surface area (Å²) in [4.78, 5) is 13.1. The fourth-order valence-electron chi connectivity index (χ4n) is 1.27. The van der Waals surface area contributed by atoms with E-state index in [-0.39, 0.29) is 13.2 Å². The van der Waals surface area contributed by atoms with Crippen molar-refractivity contribution in [1.29, 1.82) is 0 Å². The van der Waals surface area contributed by atoms with Crippen LogP contribution >= 0.6 is 0 Å². The Kier molecular flexibility index (Phi) is 6.06. The van der Waals surface area contributed by atoms with Gasteiger partial charge in [0.25, 0.3) is 0 Å². The summed E-state index contributed by atoms with van der Waals surface area (Å²) >= 11 is 0.